The fourth-order valence-corrected chi connectivity index (χ4v) is 3.06. The second-order valence-electron chi connectivity index (χ2n) is 6.59. The highest BCUT2D eigenvalue weighted by atomic mass is 16.5. The molecular weight excluding hydrogens is 316 g/mol. The van der Waals surface area contributed by atoms with E-state index < -0.39 is 0 Å². The summed E-state index contributed by atoms with van der Waals surface area (Å²) in [5, 5.41) is 10.8. The lowest BCUT2D eigenvalue weighted by atomic mass is 9.96. The SMILES string of the molecule is CN=C(NCc1c(C)noc1C)NCC1(c2ccc(OC)cc2)CC1. The van der Waals surface area contributed by atoms with Crippen LogP contribution in [-0.2, 0) is 12.0 Å². The number of rotatable bonds is 6. The third-order valence-corrected chi connectivity index (χ3v) is 4.99. The zero-order chi connectivity index (χ0) is 17.9. The van der Waals surface area contributed by atoms with Crippen LogP contribution in [-0.4, -0.2) is 31.8 Å². The van der Waals surface area contributed by atoms with Gasteiger partial charge in [0.25, 0.3) is 0 Å². The van der Waals surface area contributed by atoms with Gasteiger partial charge in [0.15, 0.2) is 5.96 Å². The zero-order valence-corrected chi connectivity index (χ0v) is 15.3. The molecule has 1 aliphatic rings. The van der Waals surface area contributed by atoms with Crippen molar-refractivity contribution < 1.29 is 9.26 Å². The summed E-state index contributed by atoms with van der Waals surface area (Å²) in [5.74, 6) is 2.53. The molecule has 0 aliphatic heterocycles. The fraction of sp³-hybridized carbons (Fsp3) is 0.474. The number of ether oxygens (including phenoxy) is 1. The third kappa shape index (κ3) is 3.78. The number of methoxy groups -OCH3 is 1. The molecule has 2 N–H and O–H groups in total. The predicted molar refractivity (Wildman–Crippen MR) is 98.1 cm³/mol. The van der Waals surface area contributed by atoms with Gasteiger partial charge in [-0.05, 0) is 44.4 Å². The fourth-order valence-electron chi connectivity index (χ4n) is 3.06. The molecule has 6 nitrogen and oxygen atoms in total. The van der Waals surface area contributed by atoms with Crippen LogP contribution in [0.5, 0.6) is 5.75 Å². The van der Waals surface area contributed by atoms with Gasteiger partial charge >= 0.3 is 0 Å². The Morgan fingerprint density at radius 2 is 1.96 bits per heavy atom. The lowest BCUT2D eigenvalue weighted by Crippen LogP contribution is -2.41. The Balaban J connectivity index is 1.57. The standard InChI is InChI=1S/C19H26N4O2/c1-13-17(14(2)25-23-13)11-21-18(20-3)22-12-19(9-10-19)15-5-7-16(24-4)8-6-15/h5-8H,9-12H2,1-4H3,(H2,20,21,22). The highest BCUT2D eigenvalue weighted by Crippen LogP contribution is 2.47. The van der Waals surface area contributed by atoms with Gasteiger partial charge in [-0.25, -0.2) is 0 Å². The van der Waals surface area contributed by atoms with Crippen molar-refractivity contribution in [3.63, 3.8) is 0 Å². The number of hydrogen-bond donors (Lipinski definition) is 2. The van der Waals surface area contributed by atoms with Crippen molar-refractivity contribution in [2.24, 2.45) is 4.99 Å². The molecule has 6 heteroatoms. The van der Waals surface area contributed by atoms with Crippen molar-refractivity contribution in [1.82, 2.24) is 15.8 Å². The summed E-state index contributed by atoms with van der Waals surface area (Å²) in [7, 11) is 3.48. The van der Waals surface area contributed by atoms with Crippen molar-refractivity contribution in [2.75, 3.05) is 20.7 Å². The average Bonchev–Trinajstić information content (AvgIpc) is 3.37. The smallest absolute Gasteiger partial charge is 0.191 e. The molecule has 0 unspecified atom stereocenters. The number of aromatic nitrogens is 1. The first-order chi connectivity index (χ1) is 12.1. The minimum Gasteiger partial charge on any atom is -0.497 e. The summed E-state index contributed by atoms with van der Waals surface area (Å²) in [6.07, 6.45) is 2.38. The first-order valence-electron chi connectivity index (χ1n) is 8.59. The van der Waals surface area contributed by atoms with E-state index in [9.17, 15) is 0 Å². The molecule has 0 amide bonds. The van der Waals surface area contributed by atoms with Crippen molar-refractivity contribution in [3.8, 4) is 5.75 Å². The van der Waals surface area contributed by atoms with E-state index in [-0.39, 0.29) is 5.41 Å². The predicted octanol–water partition coefficient (Wildman–Crippen LogP) is 2.70. The largest absolute Gasteiger partial charge is 0.497 e. The van der Waals surface area contributed by atoms with Gasteiger partial charge in [0, 0.05) is 31.1 Å². The molecule has 1 saturated carbocycles. The molecule has 0 atom stereocenters. The van der Waals surface area contributed by atoms with E-state index in [1.807, 2.05) is 26.0 Å². The molecular formula is C19H26N4O2. The molecule has 25 heavy (non-hydrogen) atoms. The number of nitrogens with one attached hydrogen (secondary N) is 2. The van der Waals surface area contributed by atoms with E-state index in [1.165, 1.54) is 18.4 Å². The van der Waals surface area contributed by atoms with Crippen molar-refractivity contribution in [3.05, 3.63) is 46.8 Å². The Morgan fingerprint density at radius 3 is 2.48 bits per heavy atom. The minimum absolute atomic E-state index is 0.201. The Hall–Kier alpha value is -2.50. The van der Waals surface area contributed by atoms with Crippen LogP contribution in [0.25, 0.3) is 0 Å². The average molecular weight is 342 g/mol. The molecule has 2 aromatic rings. The van der Waals surface area contributed by atoms with Gasteiger partial charge < -0.3 is 19.9 Å². The Morgan fingerprint density at radius 1 is 1.24 bits per heavy atom. The molecule has 134 valence electrons. The Labute approximate surface area is 148 Å². The van der Waals surface area contributed by atoms with Crippen LogP contribution in [0.15, 0.2) is 33.8 Å². The molecule has 0 radical (unpaired) electrons. The first-order valence-corrected chi connectivity index (χ1v) is 8.59. The van der Waals surface area contributed by atoms with Crippen LogP contribution in [0.3, 0.4) is 0 Å². The van der Waals surface area contributed by atoms with E-state index in [1.54, 1.807) is 14.2 Å². The van der Waals surface area contributed by atoms with E-state index in [0.29, 0.717) is 6.54 Å². The lowest BCUT2D eigenvalue weighted by Gasteiger charge is -2.19. The van der Waals surface area contributed by atoms with Crippen LogP contribution in [0.4, 0.5) is 0 Å². The summed E-state index contributed by atoms with van der Waals surface area (Å²) >= 11 is 0. The van der Waals surface area contributed by atoms with Crippen LogP contribution < -0.4 is 15.4 Å². The van der Waals surface area contributed by atoms with Gasteiger partial charge in [0.1, 0.15) is 11.5 Å². The topological polar surface area (TPSA) is 71.7 Å². The molecule has 1 fully saturated rings. The number of aliphatic imine (C=N–C) groups is 1. The number of benzene rings is 1. The monoisotopic (exact) mass is 342 g/mol. The maximum Gasteiger partial charge on any atom is 0.191 e. The normalized spacial score (nSPS) is 15.8. The van der Waals surface area contributed by atoms with E-state index >= 15 is 0 Å². The van der Waals surface area contributed by atoms with E-state index in [2.05, 4.69) is 32.9 Å². The molecule has 1 aromatic carbocycles. The number of aryl methyl sites for hydroxylation is 2. The summed E-state index contributed by atoms with van der Waals surface area (Å²) in [5.41, 5.74) is 3.55. The van der Waals surface area contributed by atoms with Gasteiger partial charge in [0.05, 0.1) is 12.8 Å². The summed E-state index contributed by atoms with van der Waals surface area (Å²) < 4.78 is 10.4. The van der Waals surface area contributed by atoms with E-state index in [4.69, 9.17) is 9.26 Å². The number of nitrogens with zero attached hydrogens (tertiary/aromatic N) is 2. The van der Waals surface area contributed by atoms with Crippen molar-refractivity contribution >= 4 is 5.96 Å². The lowest BCUT2D eigenvalue weighted by molar-refractivity contribution is 0.392. The second-order valence-corrected chi connectivity index (χ2v) is 6.59. The van der Waals surface area contributed by atoms with Gasteiger partial charge in [-0.15, -0.1) is 0 Å². The van der Waals surface area contributed by atoms with Gasteiger partial charge in [0.2, 0.25) is 0 Å². The quantitative estimate of drug-likeness (QED) is 0.624. The van der Waals surface area contributed by atoms with Crippen molar-refractivity contribution in [2.45, 2.75) is 38.6 Å². The second kappa shape index (κ2) is 7.17. The van der Waals surface area contributed by atoms with Crippen LogP contribution in [0, 0.1) is 13.8 Å². The maximum absolute atomic E-state index is 5.25. The van der Waals surface area contributed by atoms with Gasteiger partial charge in [-0.3, -0.25) is 4.99 Å². The van der Waals surface area contributed by atoms with Gasteiger partial charge in [-0.2, -0.15) is 0 Å². The highest BCUT2D eigenvalue weighted by Gasteiger charge is 2.44. The summed E-state index contributed by atoms with van der Waals surface area (Å²) in [4.78, 5) is 4.32. The molecule has 1 aromatic heterocycles. The van der Waals surface area contributed by atoms with E-state index in [0.717, 1.165) is 35.3 Å². The summed E-state index contributed by atoms with van der Waals surface area (Å²) in [6, 6.07) is 8.38. The number of hydrogen-bond acceptors (Lipinski definition) is 4. The molecule has 3 rings (SSSR count). The maximum atomic E-state index is 5.25. The molecule has 1 aliphatic carbocycles. The van der Waals surface area contributed by atoms with Crippen LogP contribution in [0.1, 0.15) is 35.4 Å². The third-order valence-electron chi connectivity index (χ3n) is 4.99. The summed E-state index contributed by atoms with van der Waals surface area (Å²) in [6.45, 7) is 5.39. The van der Waals surface area contributed by atoms with Crippen LogP contribution in [0.2, 0.25) is 0 Å². The Kier molecular flexibility index (Phi) is 4.97. The molecule has 0 saturated heterocycles. The molecule has 0 bridgehead atoms. The van der Waals surface area contributed by atoms with Crippen LogP contribution >= 0.6 is 0 Å². The first kappa shape index (κ1) is 17.3. The molecule has 1 heterocycles. The van der Waals surface area contributed by atoms with Crippen molar-refractivity contribution in [1.29, 1.82) is 0 Å². The minimum atomic E-state index is 0.201. The number of guanidine groups is 1. The van der Waals surface area contributed by atoms with Gasteiger partial charge in [-0.1, -0.05) is 17.3 Å². The zero-order valence-electron chi connectivity index (χ0n) is 15.3. The highest BCUT2D eigenvalue weighted by molar-refractivity contribution is 5.79. The molecule has 0 spiro atoms. The Bertz CT molecular complexity index is 726.